The molecule has 0 unspecified atom stereocenters. The Morgan fingerprint density at radius 3 is 2.53 bits per heavy atom. The number of nitro groups is 1. The van der Waals surface area contributed by atoms with E-state index in [4.69, 9.17) is 9.47 Å². The lowest BCUT2D eigenvalue weighted by atomic mass is 10.2. The number of carbonyl (C=O) groups excluding carboxylic acids is 2. The van der Waals surface area contributed by atoms with Crippen LogP contribution in [0.1, 0.15) is 11.1 Å². The van der Waals surface area contributed by atoms with Gasteiger partial charge in [-0.25, -0.2) is 10.2 Å². The number of hydrogen-bond acceptors (Lipinski definition) is 9. The van der Waals surface area contributed by atoms with Crippen LogP contribution in [0.3, 0.4) is 0 Å². The SMILES string of the molecule is COC(=O)Oc1ccc(C=NNC(=O)CSCc2ccc([N+](=O)[O-])cc2)cc1OC. The molecule has 158 valence electrons. The molecule has 0 atom stereocenters. The van der Waals surface area contributed by atoms with Crippen molar-refractivity contribution in [1.82, 2.24) is 5.43 Å². The third kappa shape index (κ3) is 7.09. The standard InChI is InChI=1S/C19H19N3O7S/c1-27-17-9-14(5-8-16(17)29-19(24)28-2)10-20-21-18(23)12-30-11-13-3-6-15(7-4-13)22(25)26/h3-10H,11-12H2,1-2H3,(H,21,23). The minimum absolute atomic E-state index is 0.0253. The third-order valence-electron chi connectivity index (χ3n) is 3.60. The van der Waals surface area contributed by atoms with Gasteiger partial charge in [-0.3, -0.25) is 14.9 Å². The van der Waals surface area contributed by atoms with E-state index in [1.165, 1.54) is 50.4 Å². The molecule has 0 aliphatic carbocycles. The topological polar surface area (TPSA) is 129 Å². The number of rotatable bonds is 9. The lowest BCUT2D eigenvalue weighted by Crippen LogP contribution is -2.19. The first-order valence-corrected chi connectivity index (χ1v) is 9.65. The predicted octanol–water partition coefficient (Wildman–Crippen LogP) is 3.13. The third-order valence-corrected chi connectivity index (χ3v) is 4.60. The van der Waals surface area contributed by atoms with Gasteiger partial charge in [0, 0.05) is 17.9 Å². The number of hydrogen-bond donors (Lipinski definition) is 1. The highest BCUT2D eigenvalue weighted by Gasteiger charge is 2.10. The number of ether oxygens (including phenoxy) is 3. The molecular formula is C19H19N3O7S. The summed E-state index contributed by atoms with van der Waals surface area (Å²) in [5, 5.41) is 14.5. The molecule has 2 aromatic carbocycles. The quantitative estimate of drug-likeness (QED) is 0.210. The van der Waals surface area contributed by atoms with Crippen LogP contribution in [-0.2, 0) is 15.3 Å². The average molecular weight is 433 g/mol. The van der Waals surface area contributed by atoms with E-state index in [0.29, 0.717) is 17.1 Å². The smallest absolute Gasteiger partial charge is 0.493 e. The number of nitrogens with one attached hydrogen (secondary N) is 1. The number of nitrogens with zero attached hydrogens (tertiary/aromatic N) is 2. The maximum Gasteiger partial charge on any atom is 0.513 e. The van der Waals surface area contributed by atoms with Crippen LogP contribution in [0.15, 0.2) is 47.6 Å². The minimum Gasteiger partial charge on any atom is -0.493 e. The summed E-state index contributed by atoms with van der Waals surface area (Å²) in [5.41, 5.74) is 3.93. The van der Waals surface area contributed by atoms with Crippen molar-refractivity contribution < 1.29 is 28.7 Å². The second-order valence-corrected chi connectivity index (χ2v) is 6.66. The normalized spacial score (nSPS) is 10.5. The first kappa shape index (κ1) is 22.7. The fraction of sp³-hybridized carbons (Fsp3) is 0.211. The lowest BCUT2D eigenvalue weighted by Gasteiger charge is -2.08. The molecule has 0 aliphatic heterocycles. The van der Waals surface area contributed by atoms with Crippen molar-refractivity contribution in [3.05, 3.63) is 63.7 Å². The van der Waals surface area contributed by atoms with Gasteiger partial charge in [0.05, 0.1) is 31.1 Å². The van der Waals surface area contributed by atoms with Gasteiger partial charge in [-0.1, -0.05) is 12.1 Å². The Kier molecular flexibility index (Phi) is 8.63. The van der Waals surface area contributed by atoms with E-state index in [1.54, 1.807) is 24.3 Å². The second-order valence-electron chi connectivity index (χ2n) is 5.68. The second kappa shape index (κ2) is 11.4. The molecule has 1 N–H and O–H groups in total. The number of benzene rings is 2. The average Bonchev–Trinajstić information content (AvgIpc) is 2.74. The Morgan fingerprint density at radius 2 is 1.90 bits per heavy atom. The maximum absolute atomic E-state index is 11.9. The molecule has 10 nitrogen and oxygen atoms in total. The van der Waals surface area contributed by atoms with Crippen molar-refractivity contribution in [2.75, 3.05) is 20.0 Å². The van der Waals surface area contributed by atoms with Crippen LogP contribution < -0.4 is 14.9 Å². The van der Waals surface area contributed by atoms with Crippen LogP contribution in [0.2, 0.25) is 0 Å². The Labute approximate surface area is 176 Å². The highest BCUT2D eigenvalue weighted by atomic mass is 32.2. The van der Waals surface area contributed by atoms with Gasteiger partial charge < -0.3 is 14.2 Å². The zero-order valence-electron chi connectivity index (χ0n) is 16.2. The summed E-state index contributed by atoms with van der Waals surface area (Å²) >= 11 is 1.35. The van der Waals surface area contributed by atoms with Crippen molar-refractivity contribution in [3.63, 3.8) is 0 Å². The summed E-state index contributed by atoms with van der Waals surface area (Å²) in [4.78, 5) is 33.2. The van der Waals surface area contributed by atoms with E-state index in [0.717, 1.165) is 5.56 Å². The van der Waals surface area contributed by atoms with Crippen molar-refractivity contribution >= 4 is 35.7 Å². The number of thioether (sulfide) groups is 1. The molecule has 11 heteroatoms. The van der Waals surface area contributed by atoms with Gasteiger partial charge in [-0.05, 0) is 29.3 Å². The van der Waals surface area contributed by atoms with Gasteiger partial charge in [0.1, 0.15) is 0 Å². The molecule has 30 heavy (non-hydrogen) atoms. The van der Waals surface area contributed by atoms with E-state index < -0.39 is 11.1 Å². The van der Waals surface area contributed by atoms with Crippen LogP contribution in [0.5, 0.6) is 11.5 Å². The van der Waals surface area contributed by atoms with E-state index in [-0.39, 0.29) is 23.1 Å². The number of non-ortho nitro benzene ring substituents is 1. The Bertz CT molecular complexity index is 932. The van der Waals surface area contributed by atoms with Gasteiger partial charge in [0.15, 0.2) is 11.5 Å². The van der Waals surface area contributed by atoms with Crippen molar-refractivity contribution in [1.29, 1.82) is 0 Å². The van der Waals surface area contributed by atoms with E-state index in [2.05, 4.69) is 15.3 Å². The summed E-state index contributed by atoms with van der Waals surface area (Å²) in [7, 11) is 2.62. The fourth-order valence-corrected chi connectivity index (χ4v) is 2.95. The molecule has 2 rings (SSSR count). The van der Waals surface area contributed by atoms with Gasteiger partial charge >= 0.3 is 6.16 Å². The predicted molar refractivity (Wildman–Crippen MR) is 111 cm³/mol. The van der Waals surface area contributed by atoms with Crippen LogP contribution >= 0.6 is 11.8 Å². The van der Waals surface area contributed by atoms with Gasteiger partial charge in [0.2, 0.25) is 5.91 Å². The number of carbonyl (C=O) groups is 2. The number of methoxy groups -OCH3 is 2. The Balaban J connectivity index is 1.81. The summed E-state index contributed by atoms with van der Waals surface area (Å²) in [6.45, 7) is 0. The molecule has 0 heterocycles. The highest BCUT2D eigenvalue weighted by Crippen LogP contribution is 2.27. The molecule has 0 aliphatic rings. The van der Waals surface area contributed by atoms with Crippen molar-refractivity contribution in [3.8, 4) is 11.5 Å². The van der Waals surface area contributed by atoms with Crippen molar-refractivity contribution in [2.45, 2.75) is 5.75 Å². The monoisotopic (exact) mass is 433 g/mol. The lowest BCUT2D eigenvalue weighted by molar-refractivity contribution is -0.384. The molecule has 0 bridgehead atoms. The molecule has 0 radical (unpaired) electrons. The van der Waals surface area contributed by atoms with Crippen LogP contribution in [-0.4, -0.2) is 43.2 Å². The summed E-state index contributed by atoms with van der Waals surface area (Å²) < 4.78 is 14.5. The fourth-order valence-electron chi connectivity index (χ4n) is 2.17. The van der Waals surface area contributed by atoms with Crippen LogP contribution in [0, 0.1) is 10.1 Å². The van der Waals surface area contributed by atoms with E-state index in [9.17, 15) is 19.7 Å². The maximum atomic E-state index is 11.9. The largest absolute Gasteiger partial charge is 0.513 e. The first-order valence-electron chi connectivity index (χ1n) is 8.49. The summed E-state index contributed by atoms with van der Waals surface area (Å²) in [5.74, 6) is 0.899. The summed E-state index contributed by atoms with van der Waals surface area (Å²) in [6, 6.07) is 10.9. The Hall–Kier alpha value is -3.60. The molecule has 0 fully saturated rings. The molecule has 0 saturated carbocycles. The zero-order valence-corrected chi connectivity index (χ0v) is 17.0. The minimum atomic E-state index is -0.867. The van der Waals surface area contributed by atoms with Crippen LogP contribution in [0.4, 0.5) is 10.5 Å². The molecule has 0 aromatic heterocycles. The summed E-state index contributed by atoms with van der Waals surface area (Å²) in [6.07, 6.45) is 0.553. The van der Waals surface area contributed by atoms with Gasteiger partial charge in [0.25, 0.3) is 5.69 Å². The molecule has 0 saturated heterocycles. The van der Waals surface area contributed by atoms with Crippen molar-refractivity contribution in [2.24, 2.45) is 5.10 Å². The molecular weight excluding hydrogens is 414 g/mol. The number of nitro benzene ring substituents is 1. The number of hydrazone groups is 1. The molecule has 0 spiro atoms. The van der Waals surface area contributed by atoms with E-state index in [1.807, 2.05) is 0 Å². The Morgan fingerprint density at radius 1 is 1.17 bits per heavy atom. The van der Waals surface area contributed by atoms with Crippen LogP contribution in [0.25, 0.3) is 0 Å². The number of amides is 1. The van der Waals surface area contributed by atoms with Gasteiger partial charge in [-0.15, -0.1) is 11.8 Å². The highest BCUT2D eigenvalue weighted by molar-refractivity contribution is 7.99. The first-order chi connectivity index (χ1) is 14.4. The molecule has 2 aromatic rings. The van der Waals surface area contributed by atoms with E-state index >= 15 is 0 Å². The van der Waals surface area contributed by atoms with Gasteiger partial charge in [-0.2, -0.15) is 5.10 Å². The molecule has 1 amide bonds. The zero-order chi connectivity index (χ0) is 21.9.